The van der Waals surface area contributed by atoms with Crippen molar-refractivity contribution in [3.05, 3.63) is 23.3 Å². The molecule has 1 aliphatic heterocycles. The fourth-order valence-electron chi connectivity index (χ4n) is 2.37. The zero-order valence-corrected chi connectivity index (χ0v) is 12.0. The summed E-state index contributed by atoms with van der Waals surface area (Å²) in [6.45, 7) is 5.55. The van der Waals surface area contributed by atoms with Crippen LogP contribution in [0.25, 0.3) is 0 Å². The van der Waals surface area contributed by atoms with Crippen molar-refractivity contribution in [2.45, 2.75) is 25.2 Å². The highest BCUT2D eigenvalue weighted by Gasteiger charge is 2.18. The van der Waals surface area contributed by atoms with Gasteiger partial charge in [0.1, 0.15) is 5.75 Å². The standard InChI is InChI=1S/C13H19NO4S/c1-9-5-12(18-8-11-3-4-17-7-11)6-10(2)13(9)19(14,15)16/h5-6,11H,3-4,7-8H2,1-2H3,(H2,14,15,16). The quantitative estimate of drug-likeness (QED) is 0.906. The molecule has 0 bridgehead atoms. The van der Waals surface area contributed by atoms with Gasteiger partial charge in [0, 0.05) is 12.5 Å². The lowest BCUT2D eigenvalue weighted by Gasteiger charge is -2.14. The Balaban J connectivity index is 2.15. The van der Waals surface area contributed by atoms with E-state index in [0.717, 1.165) is 19.6 Å². The van der Waals surface area contributed by atoms with Gasteiger partial charge < -0.3 is 9.47 Å². The maximum atomic E-state index is 11.5. The second-order valence-electron chi connectivity index (χ2n) is 4.97. The molecule has 1 aromatic carbocycles. The lowest BCUT2D eigenvalue weighted by molar-refractivity contribution is 0.167. The number of primary sulfonamides is 1. The molecular formula is C13H19NO4S. The van der Waals surface area contributed by atoms with Crippen molar-refractivity contribution in [1.82, 2.24) is 0 Å². The summed E-state index contributed by atoms with van der Waals surface area (Å²) >= 11 is 0. The largest absolute Gasteiger partial charge is 0.493 e. The molecule has 0 spiro atoms. The summed E-state index contributed by atoms with van der Waals surface area (Å²) in [5.41, 5.74) is 1.22. The molecule has 2 N–H and O–H groups in total. The minimum absolute atomic E-state index is 0.184. The van der Waals surface area contributed by atoms with Gasteiger partial charge in [0.2, 0.25) is 10.0 Å². The van der Waals surface area contributed by atoms with Crippen LogP contribution in [0, 0.1) is 19.8 Å². The van der Waals surface area contributed by atoms with Gasteiger partial charge in [-0.05, 0) is 43.5 Å². The lowest BCUT2D eigenvalue weighted by Crippen LogP contribution is -2.16. The van der Waals surface area contributed by atoms with Crippen molar-refractivity contribution >= 4 is 10.0 Å². The fourth-order valence-corrected chi connectivity index (χ4v) is 3.39. The molecule has 106 valence electrons. The van der Waals surface area contributed by atoms with Crippen LogP contribution < -0.4 is 9.88 Å². The summed E-state index contributed by atoms with van der Waals surface area (Å²) in [5.74, 6) is 1.09. The van der Waals surface area contributed by atoms with E-state index in [1.165, 1.54) is 0 Å². The summed E-state index contributed by atoms with van der Waals surface area (Å²) in [6, 6.07) is 3.42. The SMILES string of the molecule is Cc1cc(OCC2CCOC2)cc(C)c1S(N)(=O)=O. The Morgan fingerprint density at radius 3 is 2.47 bits per heavy atom. The molecule has 1 atom stereocenters. The van der Waals surface area contributed by atoms with Gasteiger partial charge in [0.15, 0.2) is 0 Å². The van der Waals surface area contributed by atoms with Crippen LogP contribution in [-0.2, 0) is 14.8 Å². The fraction of sp³-hybridized carbons (Fsp3) is 0.538. The van der Waals surface area contributed by atoms with Crippen molar-refractivity contribution in [2.75, 3.05) is 19.8 Å². The molecule has 19 heavy (non-hydrogen) atoms. The van der Waals surface area contributed by atoms with E-state index < -0.39 is 10.0 Å². The number of rotatable bonds is 4. The topological polar surface area (TPSA) is 78.6 Å². The zero-order chi connectivity index (χ0) is 14.0. The molecule has 0 amide bonds. The van der Waals surface area contributed by atoms with Gasteiger partial charge in [0.05, 0.1) is 18.1 Å². The van der Waals surface area contributed by atoms with Crippen LogP contribution in [0.1, 0.15) is 17.5 Å². The Hall–Kier alpha value is -1.11. The molecule has 0 saturated carbocycles. The first-order chi connectivity index (χ1) is 8.88. The summed E-state index contributed by atoms with van der Waals surface area (Å²) in [7, 11) is -3.69. The van der Waals surface area contributed by atoms with Crippen LogP contribution >= 0.6 is 0 Å². The van der Waals surface area contributed by atoms with Gasteiger partial charge in [-0.15, -0.1) is 0 Å². The van der Waals surface area contributed by atoms with Crippen LogP contribution in [0.2, 0.25) is 0 Å². The van der Waals surface area contributed by atoms with E-state index in [9.17, 15) is 8.42 Å². The third kappa shape index (κ3) is 3.46. The van der Waals surface area contributed by atoms with Gasteiger partial charge in [-0.1, -0.05) is 0 Å². The third-order valence-corrected chi connectivity index (χ3v) is 4.44. The Morgan fingerprint density at radius 1 is 1.37 bits per heavy atom. The van der Waals surface area contributed by atoms with Gasteiger partial charge >= 0.3 is 0 Å². The summed E-state index contributed by atoms with van der Waals surface area (Å²) in [5, 5.41) is 5.20. The molecule has 1 fully saturated rings. The minimum Gasteiger partial charge on any atom is -0.493 e. The van der Waals surface area contributed by atoms with Gasteiger partial charge in [-0.25, -0.2) is 13.6 Å². The highest BCUT2D eigenvalue weighted by Crippen LogP contribution is 2.25. The predicted molar refractivity (Wildman–Crippen MR) is 71.7 cm³/mol. The number of hydrogen-bond donors (Lipinski definition) is 1. The Bertz CT molecular complexity index is 539. The van der Waals surface area contributed by atoms with Gasteiger partial charge in [-0.3, -0.25) is 0 Å². The van der Waals surface area contributed by atoms with E-state index in [1.807, 2.05) is 0 Å². The van der Waals surface area contributed by atoms with Crippen LogP contribution in [0.15, 0.2) is 17.0 Å². The highest BCUT2D eigenvalue weighted by molar-refractivity contribution is 7.89. The maximum Gasteiger partial charge on any atom is 0.238 e. The van der Waals surface area contributed by atoms with Crippen LogP contribution in [0.5, 0.6) is 5.75 Å². The van der Waals surface area contributed by atoms with Crippen molar-refractivity contribution in [3.63, 3.8) is 0 Å². The number of benzene rings is 1. The summed E-state index contributed by atoms with van der Waals surface area (Å²) in [6.07, 6.45) is 1.01. The lowest BCUT2D eigenvalue weighted by atomic mass is 10.1. The number of ether oxygens (including phenoxy) is 2. The normalized spacial score (nSPS) is 19.6. The minimum atomic E-state index is -3.69. The molecule has 6 heteroatoms. The third-order valence-electron chi connectivity index (χ3n) is 3.23. The Labute approximate surface area is 113 Å². The Morgan fingerprint density at radius 2 is 2.00 bits per heavy atom. The Kier molecular flexibility index (Phi) is 4.13. The first kappa shape index (κ1) is 14.3. The molecule has 0 radical (unpaired) electrons. The highest BCUT2D eigenvalue weighted by atomic mass is 32.2. The van der Waals surface area contributed by atoms with Gasteiger partial charge in [0.25, 0.3) is 0 Å². The van der Waals surface area contributed by atoms with Crippen LogP contribution in [0.4, 0.5) is 0 Å². The van der Waals surface area contributed by atoms with Crippen molar-refractivity contribution in [1.29, 1.82) is 0 Å². The molecule has 1 saturated heterocycles. The second kappa shape index (κ2) is 5.48. The van der Waals surface area contributed by atoms with E-state index in [4.69, 9.17) is 14.6 Å². The predicted octanol–water partition coefficient (Wildman–Crippen LogP) is 1.37. The summed E-state index contributed by atoms with van der Waals surface area (Å²) < 4.78 is 33.9. The molecule has 1 heterocycles. The molecule has 0 aliphatic carbocycles. The molecule has 0 aromatic heterocycles. The average molecular weight is 285 g/mol. The van der Waals surface area contributed by atoms with E-state index >= 15 is 0 Å². The van der Waals surface area contributed by atoms with Crippen molar-refractivity contribution < 1.29 is 17.9 Å². The first-order valence-electron chi connectivity index (χ1n) is 6.22. The molecule has 1 aliphatic rings. The second-order valence-corrected chi connectivity index (χ2v) is 6.47. The number of sulfonamides is 1. The number of hydrogen-bond acceptors (Lipinski definition) is 4. The van der Waals surface area contributed by atoms with E-state index in [-0.39, 0.29) is 4.90 Å². The van der Waals surface area contributed by atoms with Crippen molar-refractivity contribution in [2.24, 2.45) is 11.1 Å². The van der Waals surface area contributed by atoms with E-state index in [0.29, 0.717) is 29.4 Å². The molecule has 1 aromatic rings. The van der Waals surface area contributed by atoms with Crippen molar-refractivity contribution in [3.8, 4) is 5.75 Å². The molecule has 1 unspecified atom stereocenters. The van der Waals surface area contributed by atoms with Gasteiger partial charge in [-0.2, -0.15) is 0 Å². The smallest absolute Gasteiger partial charge is 0.238 e. The first-order valence-corrected chi connectivity index (χ1v) is 7.77. The van der Waals surface area contributed by atoms with E-state index in [1.54, 1.807) is 26.0 Å². The monoisotopic (exact) mass is 285 g/mol. The molecular weight excluding hydrogens is 266 g/mol. The molecule has 2 rings (SSSR count). The zero-order valence-electron chi connectivity index (χ0n) is 11.2. The van der Waals surface area contributed by atoms with E-state index in [2.05, 4.69) is 0 Å². The number of aryl methyl sites for hydroxylation is 2. The maximum absolute atomic E-state index is 11.5. The molecule has 5 nitrogen and oxygen atoms in total. The number of nitrogens with two attached hydrogens (primary N) is 1. The van der Waals surface area contributed by atoms with Crippen LogP contribution in [-0.4, -0.2) is 28.2 Å². The summed E-state index contributed by atoms with van der Waals surface area (Å²) in [4.78, 5) is 0.184. The average Bonchev–Trinajstić information content (AvgIpc) is 2.76. The van der Waals surface area contributed by atoms with Crippen LogP contribution in [0.3, 0.4) is 0 Å².